The highest BCUT2D eigenvalue weighted by Gasteiger charge is 2.18. The Morgan fingerprint density at radius 1 is 1.08 bits per heavy atom. The molecule has 6 nitrogen and oxygen atoms in total. The van der Waals surface area contributed by atoms with Crippen molar-refractivity contribution in [2.24, 2.45) is 0 Å². The molecule has 1 aromatic carbocycles. The van der Waals surface area contributed by atoms with Crippen molar-refractivity contribution in [3.63, 3.8) is 0 Å². The minimum atomic E-state index is -4.94. The van der Waals surface area contributed by atoms with E-state index in [1.54, 1.807) is 0 Å². The lowest BCUT2D eigenvalue weighted by Crippen LogP contribution is -2.68. The van der Waals surface area contributed by atoms with E-state index in [9.17, 15) is 0 Å². The maximum atomic E-state index is 8.49. The summed E-state index contributed by atoms with van der Waals surface area (Å²) in [7, 11) is -0.799. The van der Waals surface area contributed by atoms with E-state index >= 15 is 0 Å². The first kappa shape index (κ1) is 21.8. The van der Waals surface area contributed by atoms with Crippen LogP contribution in [0.4, 0.5) is 5.69 Å². The summed E-state index contributed by atoms with van der Waals surface area (Å²) in [6.45, 7) is 6.98. The fourth-order valence-electron chi connectivity index (χ4n) is 2.52. The SMILES string of the molecule is C=C/C=C(/c1ccccc1N(C)C)c1cccc[n+]1CC.[O-][Cl+3]([O-])([O-])[O-]. The summed E-state index contributed by atoms with van der Waals surface area (Å²) in [6.07, 6.45) is 6.06. The highest BCUT2D eigenvalue weighted by molar-refractivity contribution is 5.84. The van der Waals surface area contributed by atoms with Crippen molar-refractivity contribution in [1.82, 2.24) is 0 Å². The molecule has 7 heteroatoms. The number of para-hydroxylation sites is 1. The molecule has 0 saturated carbocycles. The number of aryl methyl sites for hydroxylation is 1. The molecular weight excluding hydrogens is 356 g/mol. The van der Waals surface area contributed by atoms with Crippen molar-refractivity contribution in [3.8, 4) is 0 Å². The monoisotopic (exact) mass is 378 g/mol. The molecule has 1 aromatic heterocycles. The van der Waals surface area contributed by atoms with Gasteiger partial charge in [-0.1, -0.05) is 30.9 Å². The lowest BCUT2D eigenvalue weighted by Gasteiger charge is -2.18. The fourth-order valence-corrected chi connectivity index (χ4v) is 2.52. The average Bonchev–Trinajstić information content (AvgIpc) is 2.58. The first-order chi connectivity index (χ1) is 12.2. The maximum absolute atomic E-state index is 8.49. The highest BCUT2D eigenvalue weighted by Crippen LogP contribution is 2.29. The molecule has 0 N–H and O–H groups in total. The molecule has 0 aliphatic carbocycles. The molecule has 0 atom stereocenters. The lowest BCUT2D eigenvalue weighted by molar-refractivity contribution is -2.00. The molecule has 0 saturated heterocycles. The van der Waals surface area contributed by atoms with Gasteiger partial charge in [0.2, 0.25) is 5.69 Å². The van der Waals surface area contributed by atoms with Crippen LogP contribution in [0, 0.1) is 10.2 Å². The van der Waals surface area contributed by atoms with Crippen LogP contribution in [-0.2, 0) is 6.54 Å². The van der Waals surface area contributed by atoms with E-state index in [1.165, 1.54) is 22.5 Å². The van der Waals surface area contributed by atoms with Crippen molar-refractivity contribution >= 4 is 11.3 Å². The van der Waals surface area contributed by atoms with Crippen LogP contribution >= 0.6 is 0 Å². The van der Waals surface area contributed by atoms with Crippen molar-refractivity contribution < 1.29 is 33.4 Å². The second-order valence-corrected chi connectivity index (χ2v) is 6.23. The zero-order chi connectivity index (χ0) is 19.7. The molecule has 0 fully saturated rings. The van der Waals surface area contributed by atoms with Crippen LogP contribution in [0.25, 0.3) is 5.57 Å². The number of nitrogens with zero attached hydrogens (tertiary/aromatic N) is 2. The quantitative estimate of drug-likeness (QED) is 0.487. The van der Waals surface area contributed by atoms with Gasteiger partial charge in [-0.2, -0.15) is 4.57 Å². The van der Waals surface area contributed by atoms with Gasteiger partial charge < -0.3 is 4.90 Å². The summed E-state index contributed by atoms with van der Waals surface area (Å²) < 4.78 is 36.2. The third-order valence-corrected chi connectivity index (χ3v) is 3.52. The molecule has 0 aliphatic heterocycles. The normalized spacial score (nSPS) is 11.4. The first-order valence-electron chi connectivity index (χ1n) is 7.89. The number of anilines is 1. The van der Waals surface area contributed by atoms with E-state index in [0.717, 1.165) is 6.54 Å². The summed E-state index contributed by atoms with van der Waals surface area (Å²) in [4.78, 5) is 2.14. The Balaban J connectivity index is 0.000000597. The Morgan fingerprint density at radius 2 is 1.65 bits per heavy atom. The van der Waals surface area contributed by atoms with E-state index in [2.05, 4.69) is 91.8 Å². The standard InChI is InChI=1S/C19H23N2.ClHO4/c1-5-11-16(19-14-9-10-15-21(19)6-2)17-12-7-8-13-18(17)20(3)4;2-1(3,4)5/h5,7-15H,1,6H2,2-4H3;(H,2,3,4,5)/q+1;/p-1/b16-11-;. The Hall–Kier alpha value is -2.22. The molecule has 0 amide bonds. The van der Waals surface area contributed by atoms with Crippen LogP contribution in [0.1, 0.15) is 18.2 Å². The van der Waals surface area contributed by atoms with Crippen LogP contribution < -0.4 is 28.1 Å². The van der Waals surface area contributed by atoms with E-state index in [1.807, 2.05) is 6.08 Å². The molecule has 2 aromatic rings. The van der Waals surface area contributed by atoms with Gasteiger partial charge >= 0.3 is 0 Å². The molecule has 0 bridgehead atoms. The van der Waals surface area contributed by atoms with Gasteiger partial charge in [0.15, 0.2) is 6.20 Å². The van der Waals surface area contributed by atoms with Gasteiger partial charge in [-0.25, -0.2) is 18.6 Å². The molecule has 0 radical (unpaired) electrons. The summed E-state index contributed by atoms with van der Waals surface area (Å²) in [5, 5.41) is 0. The Bertz CT molecular complexity index is 749. The van der Waals surface area contributed by atoms with E-state index in [-0.39, 0.29) is 0 Å². The average molecular weight is 379 g/mol. The molecule has 0 spiro atoms. The third-order valence-electron chi connectivity index (χ3n) is 3.52. The number of aromatic nitrogens is 1. The zero-order valence-electron chi connectivity index (χ0n) is 15.1. The summed E-state index contributed by atoms with van der Waals surface area (Å²) in [5.74, 6) is 0. The van der Waals surface area contributed by atoms with E-state index in [4.69, 9.17) is 18.6 Å². The third kappa shape index (κ3) is 6.95. The van der Waals surface area contributed by atoms with Crippen LogP contribution in [0.2, 0.25) is 0 Å². The predicted octanol–water partition coefficient (Wildman–Crippen LogP) is -1.08. The molecular formula is C19H23ClN2O4. The van der Waals surface area contributed by atoms with Gasteiger partial charge in [0, 0.05) is 37.5 Å². The van der Waals surface area contributed by atoms with Crippen molar-refractivity contribution in [2.75, 3.05) is 19.0 Å². The van der Waals surface area contributed by atoms with Gasteiger partial charge in [0.05, 0.1) is 5.57 Å². The molecule has 2 rings (SSSR count). The van der Waals surface area contributed by atoms with Gasteiger partial charge in [-0.15, -0.1) is 10.2 Å². The fraction of sp³-hybridized carbons (Fsp3) is 0.211. The van der Waals surface area contributed by atoms with Crippen molar-refractivity contribution in [2.45, 2.75) is 13.5 Å². The number of hydrogen-bond donors (Lipinski definition) is 0. The van der Waals surface area contributed by atoms with Gasteiger partial charge in [-0.05, 0) is 25.1 Å². The van der Waals surface area contributed by atoms with E-state index < -0.39 is 10.2 Å². The largest absolute Gasteiger partial charge is 0.377 e. The minimum Gasteiger partial charge on any atom is -0.377 e. The number of pyridine rings is 1. The Kier molecular flexibility index (Phi) is 8.44. The number of hydrogen-bond acceptors (Lipinski definition) is 5. The second-order valence-electron chi connectivity index (χ2n) is 5.48. The Morgan fingerprint density at radius 3 is 2.19 bits per heavy atom. The number of allylic oxidation sites excluding steroid dienone is 2. The topological polar surface area (TPSA) is 99.4 Å². The summed E-state index contributed by atoms with van der Waals surface area (Å²) in [5.41, 5.74) is 4.82. The Labute approximate surface area is 156 Å². The summed E-state index contributed by atoms with van der Waals surface area (Å²) >= 11 is 0. The van der Waals surface area contributed by atoms with Crippen molar-refractivity contribution in [1.29, 1.82) is 0 Å². The second kappa shape index (κ2) is 10.1. The molecule has 1 heterocycles. The summed E-state index contributed by atoms with van der Waals surface area (Å²) in [6, 6.07) is 14.8. The molecule has 26 heavy (non-hydrogen) atoms. The lowest BCUT2D eigenvalue weighted by atomic mass is 9.98. The van der Waals surface area contributed by atoms with Crippen LogP contribution in [0.5, 0.6) is 0 Å². The van der Waals surface area contributed by atoms with Crippen LogP contribution in [-0.4, -0.2) is 14.1 Å². The highest BCUT2D eigenvalue weighted by atomic mass is 35.7. The van der Waals surface area contributed by atoms with Crippen LogP contribution in [0.15, 0.2) is 67.4 Å². The van der Waals surface area contributed by atoms with E-state index in [0.29, 0.717) is 0 Å². The number of halogens is 1. The first-order valence-corrected chi connectivity index (χ1v) is 9.12. The predicted molar refractivity (Wildman–Crippen MR) is 90.4 cm³/mol. The van der Waals surface area contributed by atoms with Gasteiger partial charge in [0.25, 0.3) is 0 Å². The molecule has 0 unspecified atom stereocenters. The van der Waals surface area contributed by atoms with Gasteiger partial charge in [-0.3, -0.25) is 0 Å². The maximum Gasteiger partial charge on any atom is 0.213 e. The van der Waals surface area contributed by atoms with Crippen LogP contribution in [0.3, 0.4) is 0 Å². The van der Waals surface area contributed by atoms with Crippen molar-refractivity contribution in [3.05, 3.63) is 78.6 Å². The number of rotatable bonds is 5. The van der Waals surface area contributed by atoms with Gasteiger partial charge in [0.1, 0.15) is 6.54 Å². The zero-order valence-corrected chi connectivity index (χ0v) is 15.8. The minimum absolute atomic E-state index is 0.939. The molecule has 140 valence electrons. The smallest absolute Gasteiger partial charge is 0.213 e. The molecule has 0 aliphatic rings. The number of benzene rings is 1.